The standard InChI is InChI=1S/C3H4GeP/c1-5-3-2-4/h1-3,5H/b3-2-. The van der Waals surface area contributed by atoms with Crippen LogP contribution in [0.5, 0.6) is 0 Å². The Hall–Kier alpha value is 0.713. The van der Waals surface area contributed by atoms with E-state index >= 15 is 0 Å². The van der Waals surface area contributed by atoms with Gasteiger partial charge >= 0.3 is 42.5 Å². The van der Waals surface area contributed by atoms with Gasteiger partial charge in [0.05, 0.1) is 0 Å². The van der Waals surface area contributed by atoms with Crippen LogP contribution in [0.4, 0.5) is 0 Å². The summed E-state index contributed by atoms with van der Waals surface area (Å²) >= 11 is 1.96. The van der Waals surface area contributed by atoms with Crippen LogP contribution in [0.25, 0.3) is 0 Å². The summed E-state index contributed by atoms with van der Waals surface area (Å²) in [6.07, 6.45) is 0. The molecule has 0 aliphatic rings. The van der Waals surface area contributed by atoms with Crippen LogP contribution in [0.15, 0.2) is 10.7 Å². The van der Waals surface area contributed by atoms with Crippen molar-refractivity contribution in [2.75, 3.05) is 0 Å². The van der Waals surface area contributed by atoms with Gasteiger partial charge in [0.2, 0.25) is 0 Å². The molecular formula is C3H4GeP. The Bertz CT molecular complexity index is 33.9. The zero-order valence-electron chi connectivity index (χ0n) is 2.73. The van der Waals surface area contributed by atoms with E-state index in [0.29, 0.717) is 8.58 Å². The predicted octanol–water partition coefficient (Wildman–Crippen LogP) is 0.973. The predicted molar refractivity (Wildman–Crippen MR) is 27.5 cm³/mol. The van der Waals surface area contributed by atoms with E-state index in [-0.39, 0.29) is 0 Å². The van der Waals surface area contributed by atoms with Gasteiger partial charge in [-0.2, -0.15) is 0 Å². The second kappa shape index (κ2) is 4.71. The fraction of sp³-hybridized carbons (Fsp3) is 0. The molecule has 2 heteroatoms. The third-order valence-electron chi connectivity index (χ3n) is 0.180. The van der Waals surface area contributed by atoms with Crippen molar-refractivity contribution in [3.05, 3.63) is 17.4 Å². The summed E-state index contributed by atoms with van der Waals surface area (Å²) in [4.78, 5) is 1.94. The van der Waals surface area contributed by atoms with E-state index in [1.807, 2.05) is 27.2 Å². The Labute approximate surface area is 43.0 Å². The molecule has 5 radical (unpaired) electrons. The van der Waals surface area contributed by atoms with E-state index in [1.165, 1.54) is 0 Å². The van der Waals surface area contributed by atoms with E-state index in [9.17, 15) is 0 Å². The Morgan fingerprint density at radius 2 is 2.40 bits per heavy atom. The van der Waals surface area contributed by atoms with E-state index in [0.717, 1.165) is 0 Å². The van der Waals surface area contributed by atoms with E-state index in [4.69, 9.17) is 6.66 Å². The molecule has 0 saturated carbocycles. The number of hydrogen-bond donors (Lipinski definition) is 0. The summed E-state index contributed by atoms with van der Waals surface area (Å²) in [5.74, 6) is 1.93. The first-order chi connectivity index (χ1) is 2.41. The summed E-state index contributed by atoms with van der Waals surface area (Å²) in [6, 6.07) is 0. The van der Waals surface area contributed by atoms with Crippen LogP contribution >= 0.6 is 8.58 Å². The Morgan fingerprint density at radius 3 is 2.40 bits per heavy atom. The van der Waals surface area contributed by atoms with Gasteiger partial charge in [-0.05, 0) is 0 Å². The first kappa shape index (κ1) is 5.71. The van der Waals surface area contributed by atoms with Crippen molar-refractivity contribution in [1.82, 2.24) is 0 Å². The van der Waals surface area contributed by atoms with Crippen molar-refractivity contribution in [3.63, 3.8) is 0 Å². The van der Waals surface area contributed by atoms with Crippen molar-refractivity contribution in [2.45, 2.75) is 0 Å². The molecule has 0 heterocycles. The second-order valence-electron chi connectivity index (χ2n) is 0.500. The third kappa shape index (κ3) is 4.71. The summed E-state index contributed by atoms with van der Waals surface area (Å²) in [7, 11) is 0.477. The van der Waals surface area contributed by atoms with Crippen LogP contribution < -0.4 is 0 Å². The van der Waals surface area contributed by atoms with E-state index in [1.54, 1.807) is 0 Å². The summed E-state index contributed by atoms with van der Waals surface area (Å²) < 4.78 is 0. The van der Waals surface area contributed by atoms with Gasteiger partial charge in [0.15, 0.2) is 0 Å². The average molecular weight is 144 g/mol. The van der Waals surface area contributed by atoms with Crippen molar-refractivity contribution < 1.29 is 0 Å². The molecule has 0 aromatic rings. The fourth-order valence-corrected chi connectivity index (χ4v) is 0.750. The van der Waals surface area contributed by atoms with Gasteiger partial charge in [0, 0.05) is 0 Å². The molecular weight excluding hydrogens is 140 g/mol. The monoisotopic (exact) mass is 145 g/mol. The molecule has 0 rings (SSSR count). The quantitative estimate of drug-likeness (QED) is 0.379. The maximum absolute atomic E-state index is 5.08. The van der Waals surface area contributed by atoms with Crippen molar-refractivity contribution in [3.8, 4) is 0 Å². The van der Waals surface area contributed by atoms with Crippen molar-refractivity contribution >= 4 is 25.1 Å². The molecule has 0 fully saturated rings. The first-order valence-electron chi connectivity index (χ1n) is 1.20. The molecule has 5 heavy (non-hydrogen) atoms. The molecule has 1 atom stereocenters. The molecule has 1 unspecified atom stereocenters. The van der Waals surface area contributed by atoms with Gasteiger partial charge in [0.1, 0.15) is 0 Å². The van der Waals surface area contributed by atoms with Gasteiger partial charge in [-0.15, -0.1) is 0 Å². The topological polar surface area (TPSA) is 0 Å². The van der Waals surface area contributed by atoms with Gasteiger partial charge in [0.25, 0.3) is 0 Å². The molecule has 25 valence electrons. The van der Waals surface area contributed by atoms with Gasteiger partial charge < -0.3 is 0 Å². The van der Waals surface area contributed by atoms with Crippen LogP contribution in [0, 0.1) is 6.66 Å². The SMILES string of the molecule is [CH]P/C=[CH]\[Ge]. The molecule has 0 aliphatic heterocycles. The van der Waals surface area contributed by atoms with Crippen molar-refractivity contribution in [2.24, 2.45) is 0 Å². The summed E-state index contributed by atoms with van der Waals surface area (Å²) in [5, 5.41) is 0. The Kier molecular flexibility index (Phi) is 5.38. The van der Waals surface area contributed by atoms with Crippen molar-refractivity contribution in [1.29, 1.82) is 0 Å². The Morgan fingerprint density at radius 1 is 1.80 bits per heavy atom. The van der Waals surface area contributed by atoms with Crippen LogP contribution in [-0.4, -0.2) is 16.5 Å². The second-order valence-corrected chi connectivity index (χ2v) is 1.87. The van der Waals surface area contributed by atoms with Gasteiger partial charge in [-0.1, -0.05) is 0 Å². The molecule has 0 bridgehead atoms. The van der Waals surface area contributed by atoms with E-state index in [2.05, 4.69) is 0 Å². The average Bonchev–Trinajstić information content (AvgIpc) is 1.41. The van der Waals surface area contributed by atoms with Crippen LogP contribution in [0.1, 0.15) is 0 Å². The van der Waals surface area contributed by atoms with Gasteiger partial charge in [-0.25, -0.2) is 0 Å². The first-order valence-corrected chi connectivity index (χ1v) is 3.57. The molecule has 0 nitrogen and oxygen atoms in total. The van der Waals surface area contributed by atoms with Gasteiger partial charge in [-0.3, -0.25) is 0 Å². The molecule has 0 aromatic carbocycles. The molecule has 0 spiro atoms. The molecule has 0 aliphatic carbocycles. The normalized spacial score (nSPS) is 12.4. The summed E-state index contributed by atoms with van der Waals surface area (Å²) in [6.45, 7) is 5.08. The van der Waals surface area contributed by atoms with E-state index < -0.39 is 0 Å². The zero-order valence-corrected chi connectivity index (χ0v) is 5.83. The van der Waals surface area contributed by atoms with Crippen LogP contribution in [-0.2, 0) is 0 Å². The molecule has 0 N–H and O–H groups in total. The third-order valence-corrected chi connectivity index (χ3v) is 1.59. The summed E-state index contributed by atoms with van der Waals surface area (Å²) in [5.41, 5.74) is 0. The fourth-order valence-electron chi connectivity index (χ4n) is 0.0481. The van der Waals surface area contributed by atoms with Crippen LogP contribution in [0.2, 0.25) is 0 Å². The zero-order chi connectivity index (χ0) is 4.12. The minimum atomic E-state index is 0.477. The minimum absolute atomic E-state index is 0.477. The van der Waals surface area contributed by atoms with Crippen LogP contribution in [0.3, 0.4) is 0 Å². The Balaban J connectivity index is 2.62. The maximum atomic E-state index is 5.08. The molecule has 0 amide bonds. The molecule has 0 aromatic heterocycles. The molecule has 0 saturated heterocycles. The number of hydrogen-bond acceptors (Lipinski definition) is 0. The number of rotatable bonds is 1.